The lowest BCUT2D eigenvalue weighted by molar-refractivity contribution is -0.389. The van der Waals surface area contributed by atoms with E-state index in [1.165, 1.54) is 10.9 Å². The largest absolute Gasteiger partial charge is 0.408 e. The van der Waals surface area contributed by atoms with Crippen molar-refractivity contribution in [3.05, 3.63) is 55.6 Å². The summed E-state index contributed by atoms with van der Waals surface area (Å²) < 4.78 is 2.30. The highest BCUT2D eigenvalue weighted by molar-refractivity contribution is 9.10. The molecular weight excluding hydrogens is 362 g/mol. The van der Waals surface area contributed by atoms with Crippen LogP contribution in [0.2, 0.25) is 5.02 Å². The molecule has 8 heteroatoms. The van der Waals surface area contributed by atoms with Gasteiger partial charge < -0.3 is 10.1 Å². The molecule has 0 saturated carbocycles. The van der Waals surface area contributed by atoms with Crippen LogP contribution in [-0.2, 0) is 6.54 Å². The van der Waals surface area contributed by atoms with Gasteiger partial charge in [0.15, 0.2) is 10.8 Å². The van der Waals surface area contributed by atoms with Crippen LogP contribution >= 0.6 is 27.5 Å². The van der Waals surface area contributed by atoms with Crippen LogP contribution in [0.3, 0.4) is 0 Å². The van der Waals surface area contributed by atoms with Gasteiger partial charge in [-0.1, -0.05) is 39.7 Å². The van der Waals surface area contributed by atoms with Gasteiger partial charge >= 0.3 is 5.82 Å². The Hall–Kier alpha value is -1.73. The lowest BCUT2D eigenvalue weighted by Crippen LogP contribution is -2.04. The molecule has 0 atom stereocenters. The molecule has 6 nitrogen and oxygen atoms in total. The minimum absolute atomic E-state index is 0.000707. The molecule has 0 aliphatic rings. The fraction of sp³-hybridized carbons (Fsp3) is 0.231. The third-order valence-electron chi connectivity index (χ3n) is 2.83. The first-order chi connectivity index (χ1) is 9.97. The number of hydrogen-bond donors (Lipinski definition) is 0. The number of rotatable bonds is 6. The average Bonchev–Trinajstić information content (AvgIpc) is 2.80. The fourth-order valence-corrected chi connectivity index (χ4v) is 2.29. The van der Waals surface area contributed by atoms with Crippen LogP contribution in [0.1, 0.15) is 23.2 Å². The second-order valence-corrected chi connectivity index (χ2v) is 5.68. The summed E-state index contributed by atoms with van der Waals surface area (Å²) in [5, 5.41) is 14.4. The van der Waals surface area contributed by atoms with E-state index >= 15 is 0 Å². The van der Waals surface area contributed by atoms with E-state index in [9.17, 15) is 14.9 Å². The number of hydrogen-bond acceptors (Lipinski definition) is 4. The van der Waals surface area contributed by atoms with Crippen molar-refractivity contribution in [2.24, 2.45) is 0 Å². The molecule has 0 radical (unpaired) electrons. The first-order valence-corrected chi connectivity index (χ1v) is 7.30. The Bertz CT molecular complexity index is 670. The zero-order valence-electron chi connectivity index (χ0n) is 10.8. The van der Waals surface area contributed by atoms with E-state index in [4.69, 9.17) is 11.6 Å². The third-order valence-corrected chi connectivity index (χ3v) is 3.62. The number of aryl methyl sites for hydroxylation is 1. The van der Waals surface area contributed by atoms with Crippen LogP contribution in [0.25, 0.3) is 0 Å². The van der Waals surface area contributed by atoms with Gasteiger partial charge in [0, 0.05) is 16.5 Å². The lowest BCUT2D eigenvalue weighted by atomic mass is 10.1. The molecule has 0 bridgehead atoms. The maximum Gasteiger partial charge on any atom is 0.408 e. The van der Waals surface area contributed by atoms with Crippen molar-refractivity contribution in [2.75, 3.05) is 0 Å². The summed E-state index contributed by atoms with van der Waals surface area (Å²) in [5.74, 6) is -0.342. The van der Waals surface area contributed by atoms with E-state index in [1.807, 2.05) is 12.1 Å². The summed E-state index contributed by atoms with van der Waals surface area (Å²) in [7, 11) is 0. The molecular formula is C13H11BrClN3O3. The molecule has 110 valence electrons. The molecule has 0 amide bonds. The molecule has 21 heavy (non-hydrogen) atoms. The predicted molar refractivity (Wildman–Crippen MR) is 81.6 cm³/mol. The van der Waals surface area contributed by atoms with Crippen molar-refractivity contribution >= 4 is 39.1 Å². The van der Waals surface area contributed by atoms with Crippen molar-refractivity contribution in [2.45, 2.75) is 19.4 Å². The smallest absolute Gasteiger partial charge is 0.358 e. The third kappa shape index (κ3) is 4.12. The van der Waals surface area contributed by atoms with Crippen LogP contribution < -0.4 is 0 Å². The van der Waals surface area contributed by atoms with Gasteiger partial charge in [-0.15, -0.1) is 0 Å². The lowest BCUT2D eigenvalue weighted by Gasteiger charge is -2.00. The van der Waals surface area contributed by atoms with E-state index in [2.05, 4.69) is 21.0 Å². The molecule has 2 rings (SSSR count). The predicted octanol–water partition coefficient (Wildman–Crippen LogP) is 3.87. The van der Waals surface area contributed by atoms with Gasteiger partial charge in [-0.05, 0) is 23.5 Å². The van der Waals surface area contributed by atoms with Gasteiger partial charge in [-0.25, -0.2) is 0 Å². The summed E-state index contributed by atoms with van der Waals surface area (Å²) in [4.78, 5) is 21.9. The Morgan fingerprint density at radius 3 is 2.62 bits per heavy atom. The highest BCUT2D eigenvalue weighted by Gasteiger charge is 2.18. The van der Waals surface area contributed by atoms with Crippen LogP contribution in [0.15, 0.2) is 34.9 Å². The minimum atomic E-state index is -0.633. The molecule has 0 fully saturated rings. The molecule has 1 heterocycles. The first kappa shape index (κ1) is 15.7. The van der Waals surface area contributed by atoms with Crippen molar-refractivity contribution < 1.29 is 9.72 Å². The monoisotopic (exact) mass is 371 g/mol. The summed E-state index contributed by atoms with van der Waals surface area (Å²) in [5.41, 5.74) is 0.641. The minimum Gasteiger partial charge on any atom is -0.358 e. The zero-order valence-corrected chi connectivity index (χ0v) is 13.2. The molecule has 0 N–H and O–H groups in total. The van der Waals surface area contributed by atoms with Gasteiger partial charge in [0.2, 0.25) is 0 Å². The average molecular weight is 373 g/mol. The van der Waals surface area contributed by atoms with E-state index in [0.717, 1.165) is 4.47 Å². The van der Waals surface area contributed by atoms with E-state index < -0.39 is 4.92 Å². The van der Waals surface area contributed by atoms with Crippen molar-refractivity contribution in [1.29, 1.82) is 0 Å². The summed E-state index contributed by atoms with van der Waals surface area (Å²) in [6.07, 6.45) is 2.26. The number of aromatic nitrogens is 2. The second-order valence-electron chi connectivity index (χ2n) is 4.35. The highest BCUT2D eigenvalue weighted by Crippen LogP contribution is 2.21. The van der Waals surface area contributed by atoms with Crippen molar-refractivity contribution in [3.63, 3.8) is 0 Å². The van der Waals surface area contributed by atoms with Gasteiger partial charge in [0.25, 0.3) is 0 Å². The maximum atomic E-state index is 11.9. The summed E-state index contributed by atoms with van der Waals surface area (Å²) >= 11 is 9.00. The fourth-order valence-electron chi connectivity index (χ4n) is 1.81. The first-order valence-electron chi connectivity index (χ1n) is 6.13. The van der Waals surface area contributed by atoms with Crippen molar-refractivity contribution in [1.82, 2.24) is 9.78 Å². The molecule has 0 aliphatic carbocycles. The number of ketones is 1. The van der Waals surface area contributed by atoms with E-state index in [0.29, 0.717) is 24.9 Å². The Labute approximate surface area is 134 Å². The van der Waals surface area contributed by atoms with Crippen LogP contribution in [-0.4, -0.2) is 20.5 Å². The standard InChI is InChI=1S/C13H11BrClN3O3/c14-10-5-3-9(4-6-10)12(19)2-1-7-17-8-11(15)13(16-17)18(20)21/h3-6,8H,1-2,7H2. The number of carbonyl (C=O) groups excluding carboxylic acids is 1. The molecule has 0 aliphatic heterocycles. The molecule has 2 aromatic rings. The van der Waals surface area contributed by atoms with Gasteiger partial charge in [-0.3, -0.25) is 4.79 Å². The number of carbonyl (C=O) groups is 1. The maximum absolute atomic E-state index is 11.9. The zero-order chi connectivity index (χ0) is 15.4. The molecule has 0 saturated heterocycles. The van der Waals surface area contributed by atoms with E-state index in [1.54, 1.807) is 12.1 Å². The molecule has 1 aromatic heterocycles. The summed E-state index contributed by atoms with van der Waals surface area (Å²) in [6.45, 7) is 0.399. The Balaban J connectivity index is 1.89. The topological polar surface area (TPSA) is 78.0 Å². The molecule has 1 aromatic carbocycles. The van der Waals surface area contributed by atoms with Crippen LogP contribution in [0.4, 0.5) is 5.82 Å². The van der Waals surface area contributed by atoms with Crippen LogP contribution in [0, 0.1) is 10.1 Å². The second kappa shape index (κ2) is 6.82. The SMILES string of the molecule is O=C(CCCn1cc(Cl)c([N+](=O)[O-])n1)c1ccc(Br)cc1. The van der Waals surface area contributed by atoms with Crippen molar-refractivity contribution in [3.8, 4) is 0 Å². The molecule has 0 spiro atoms. The number of benzene rings is 1. The Kier molecular flexibility index (Phi) is 5.08. The number of Topliss-reactive ketones (excluding diaryl/α,β-unsaturated/α-hetero) is 1. The Morgan fingerprint density at radius 2 is 2.05 bits per heavy atom. The normalized spacial score (nSPS) is 10.6. The highest BCUT2D eigenvalue weighted by atomic mass is 79.9. The van der Waals surface area contributed by atoms with E-state index in [-0.39, 0.29) is 16.6 Å². The summed E-state index contributed by atoms with van der Waals surface area (Å²) in [6, 6.07) is 7.12. The van der Waals surface area contributed by atoms with Crippen LogP contribution in [0.5, 0.6) is 0 Å². The molecule has 0 unspecified atom stereocenters. The number of nitrogens with zero attached hydrogens (tertiary/aromatic N) is 3. The number of halogens is 2. The van der Waals surface area contributed by atoms with Gasteiger partial charge in [0.1, 0.15) is 0 Å². The quantitative estimate of drug-likeness (QED) is 0.438. The van der Waals surface area contributed by atoms with Gasteiger partial charge in [0.05, 0.1) is 17.8 Å². The number of nitro groups is 1. The Morgan fingerprint density at radius 1 is 1.38 bits per heavy atom. The van der Waals surface area contributed by atoms with Gasteiger partial charge in [-0.2, -0.15) is 4.68 Å².